The van der Waals surface area contributed by atoms with Gasteiger partial charge in [0.1, 0.15) is 17.5 Å². The van der Waals surface area contributed by atoms with E-state index < -0.39 is 0 Å². The average molecular weight is 376 g/mol. The fraction of sp³-hybridized carbons (Fsp3) is 0.304. The van der Waals surface area contributed by atoms with Crippen molar-refractivity contribution in [3.8, 4) is 0 Å². The van der Waals surface area contributed by atoms with Gasteiger partial charge in [0.2, 0.25) is 0 Å². The minimum Gasteiger partial charge on any atom is -0.372 e. The highest BCUT2D eigenvalue weighted by molar-refractivity contribution is 5.66. The summed E-state index contributed by atoms with van der Waals surface area (Å²) < 4.78 is 0. The van der Waals surface area contributed by atoms with Crippen LogP contribution < -0.4 is 15.1 Å². The Labute approximate surface area is 168 Å². The van der Waals surface area contributed by atoms with Gasteiger partial charge in [-0.25, -0.2) is 9.97 Å². The SMILES string of the molecule is CCN(CC)c1ccc(Nc2cc(N(CC)c3ccccc3)nc(C)n2)cc1. The van der Waals surface area contributed by atoms with E-state index in [1.807, 2.05) is 31.2 Å². The maximum atomic E-state index is 4.65. The van der Waals surface area contributed by atoms with Crippen LogP contribution in [0.4, 0.5) is 28.7 Å². The van der Waals surface area contributed by atoms with Gasteiger partial charge in [0, 0.05) is 42.8 Å². The molecule has 0 amide bonds. The normalized spacial score (nSPS) is 10.6. The Balaban J connectivity index is 1.83. The van der Waals surface area contributed by atoms with Crippen molar-refractivity contribution in [1.29, 1.82) is 0 Å². The summed E-state index contributed by atoms with van der Waals surface area (Å²) in [4.78, 5) is 13.7. The molecule has 0 atom stereocenters. The van der Waals surface area contributed by atoms with E-state index in [9.17, 15) is 0 Å². The number of para-hydroxylation sites is 1. The van der Waals surface area contributed by atoms with Gasteiger partial charge in [-0.2, -0.15) is 0 Å². The van der Waals surface area contributed by atoms with Gasteiger partial charge in [-0.1, -0.05) is 18.2 Å². The van der Waals surface area contributed by atoms with E-state index >= 15 is 0 Å². The van der Waals surface area contributed by atoms with Crippen molar-refractivity contribution in [3.05, 3.63) is 66.5 Å². The third-order valence-electron chi connectivity index (χ3n) is 4.75. The Morgan fingerprint density at radius 3 is 2.07 bits per heavy atom. The first-order valence-corrected chi connectivity index (χ1v) is 9.94. The van der Waals surface area contributed by atoms with Crippen LogP contribution in [0.3, 0.4) is 0 Å². The highest BCUT2D eigenvalue weighted by Gasteiger charge is 2.11. The lowest BCUT2D eigenvalue weighted by Gasteiger charge is -2.23. The average Bonchev–Trinajstić information content (AvgIpc) is 2.71. The van der Waals surface area contributed by atoms with Crippen LogP contribution >= 0.6 is 0 Å². The summed E-state index contributed by atoms with van der Waals surface area (Å²) in [6.07, 6.45) is 0. The quantitative estimate of drug-likeness (QED) is 0.560. The monoisotopic (exact) mass is 375 g/mol. The third kappa shape index (κ3) is 4.60. The lowest BCUT2D eigenvalue weighted by atomic mass is 10.2. The molecule has 1 N–H and O–H groups in total. The molecule has 0 aliphatic carbocycles. The molecule has 3 aromatic rings. The van der Waals surface area contributed by atoms with Crippen molar-refractivity contribution in [2.45, 2.75) is 27.7 Å². The van der Waals surface area contributed by atoms with E-state index in [-0.39, 0.29) is 0 Å². The Hall–Kier alpha value is -3.08. The first-order chi connectivity index (χ1) is 13.6. The molecule has 0 spiro atoms. The lowest BCUT2D eigenvalue weighted by molar-refractivity contribution is 0.866. The molecule has 0 unspecified atom stereocenters. The molecule has 0 saturated heterocycles. The number of anilines is 5. The van der Waals surface area contributed by atoms with Gasteiger partial charge >= 0.3 is 0 Å². The number of hydrogen-bond donors (Lipinski definition) is 1. The van der Waals surface area contributed by atoms with Crippen LogP contribution in [0.2, 0.25) is 0 Å². The van der Waals surface area contributed by atoms with Gasteiger partial charge < -0.3 is 15.1 Å². The highest BCUT2D eigenvalue weighted by atomic mass is 15.2. The number of hydrogen-bond acceptors (Lipinski definition) is 5. The lowest BCUT2D eigenvalue weighted by Crippen LogP contribution is -2.21. The van der Waals surface area contributed by atoms with Crippen LogP contribution in [0.1, 0.15) is 26.6 Å². The third-order valence-corrected chi connectivity index (χ3v) is 4.75. The minimum atomic E-state index is 0.745. The smallest absolute Gasteiger partial charge is 0.138 e. The van der Waals surface area contributed by atoms with Crippen LogP contribution in [0.5, 0.6) is 0 Å². The van der Waals surface area contributed by atoms with Gasteiger partial charge in [-0.05, 0) is 64.1 Å². The Kier molecular flexibility index (Phi) is 6.48. The maximum absolute atomic E-state index is 4.65. The van der Waals surface area contributed by atoms with E-state index in [1.54, 1.807) is 0 Å². The van der Waals surface area contributed by atoms with Crippen molar-refractivity contribution in [3.63, 3.8) is 0 Å². The van der Waals surface area contributed by atoms with E-state index in [2.05, 4.69) is 82.3 Å². The van der Waals surface area contributed by atoms with E-state index in [4.69, 9.17) is 0 Å². The number of aromatic nitrogens is 2. The van der Waals surface area contributed by atoms with Crippen molar-refractivity contribution in [2.75, 3.05) is 34.8 Å². The molecule has 0 bridgehead atoms. The van der Waals surface area contributed by atoms with Crippen molar-refractivity contribution in [1.82, 2.24) is 9.97 Å². The summed E-state index contributed by atoms with van der Waals surface area (Å²) in [5.74, 6) is 2.44. The first kappa shape index (κ1) is 19.7. The van der Waals surface area contributed by atoms with Crippen LogP contribution in [0.15, 0.2) is 60.7 Å². The van der Waals surface area contributed by atoms with Gasteiger partial charge in [-0.3, -0.25) is 0 Å². The molecule has 146 valence electrons. The molecule has 28 heavy (non-hydrogen) atoms. The molecule has 0 saturated carbocycles. The standard InChI is InChI=1S/C23H29N5/c1-5-27(6-2)20-15-13-19(14-16-20)26-22-17-23(25-18(4)24-22)28(7-3)21-11-9-8-10-12-21/h8-17H,5-7H2,1-4H3,(H,24,25,26). The Bertz CT molecular complexity index is 873. The number of nitrogens with zero attached hydrogens (tertiary/aromatic N) is 4. The molecule has 2 aromatic carbocycles. The van der Waals surface area contributed by atoms with Crippen LogP contribution in [0.25, 0.3) is 0 Å². The first-order valence-electron chi connectivity index (χ1n) is 9.94. The summed E-state index contributed by atoms with van der Waals surface area (Å²) in [6, 6.07) is 20.8. The molecule has 5 heteroatoms. The molecule has 5 nitrogen and oxygen atoms in total. The molecule has 0 radical (unpaired) electrons. The van der Waals surface area contributed by atoms with E-state index in [0.717, 1.165) is 48.5 Å². The second kappa shape index (κ2) is 9.22. The van der Waals surface area contributed by atoms with E-state index in [0.29, 0.717) is 0 Å². The maximum Gasteiger partial charge on any atom is 0.138 e. The molecule has 0 aliphatic heterocycles. The molecule has 3 rings (SSSR count). The topological polar surface area (TPSA) is 44.3 Å². The zero-order valence-corrected chi connectivity index (χ0v) is 17.2. The van der Waals surface area contributed by atoms with Crippen molar-refractivity contribution < 1.29 is 0 Å². The molecule has 0 fully saturated rings. The molecule has 0 aliphatic rings. The van der Waals surface area contributed by atoms with E-state index in [1.165, 1.54) is 5.69 Å². The highest BCUT2D eigenvalue weighted by Crippen LogP contribution is 2.26. The summed E-state index contributed by atoms with van der Waals surface area (Å²) in [5, 5.41) is 3.42. The summed E-state index contributed by atoms with van der Waals surface area (Å²) in [7, 11) is 0. The van der Waals surface area contributed by atoms with Crippen LogP contribution in [-0.4, -0.2) is 29.6 Å². The largest absolute Gasteiger partial charge is 0.372 e. The second-order valence-corrected chi connectivity index (χ2v) is 6.58. The molecule has 1 heterocycles. The molecular formula is C23H29N5. The van der Waals surface area contributed by atoms with Gasteiger partial charge in [0.15, 0.2) is 0 Å². The Morgan fingerprint density at radius 1 is 0.786 bits per heavy atom. The van der Waals surface area contributed by atoms with Gasteiger partial charge in [-0.15, -0.1) is 0 Å². The molecule has 1 aromatic heterocycles. The van der Waals surface area contributed by atoms with Gasteiger partial charge in [0.25, 0.3) is 0 Å². The fourth-order valence-corrected chi connectivity index (χ4v) is 3.33. The van der Waals surface area contributed by atoms with Crippen molar-refractivity contribution >= 4 is 28.7 Å². The van der Waals surface area contributed by atoms with Gasteiger partial charge in [0.05, 0.1) is 0 Å². The number of rotatable bonds is 8. The van der Waals surface area contributed by atoms with Crippen molar-refractivity contribution in [2.24, 2.45) is 0 Å². The fourth-order valence-electron chi connectivity index (χ4n) is 3.33. The van der Waals surface area contributed by atoms with Crippen LogP contribution in [0, 0.1) is 6.92 Å². The second-order valence-electron chi connectivity index (χ2n) is 6.58. The zero-order chi connectivity index (χ0) is 19.9. The summed E-state index contributed by atoms with van der Waals surface area (Å²) >= 11 is 0. The summed E-state index contributed by atoms with van der Waals surface area (Å²) in [6.45, 7) is 11.2. The minimum absolute atomic E-state index is 0.745. The predicted octanol–water partition coefficient (Wildman–Crippen LogP) is 5.53. The number of nitrogens with one attached hydrogen (secondary N) is 1. The predicted molar refractivity (Wildman–Crippen MR) is 119 cm³/mol. The number of benzene rings is 2. The zero-order valence-electron chi connectivity index (χ0n) is 17.2. The number of aryl methyl sites for hydroxylation is 1. The Morgan fingerprint density at radius 2 is 1.46 bits per heavy atom. The van der Waals surface area contributed by atoms with Crippen LogP contribution in [-0.2, 0) is 0 Å². The summed E-state index contributed by atoms with van der Waals surface area (Å²) in [5.41, 5.74) is 3.37. The molecular weight excluding hydrogens is 346 g/mol.